The zero-order chi connectivity index (χ0) is 12.5. The predicted molar refractivity (Wildman–Crippen MR) is 68.2 cm³/mol. The molecular weight excluding hydrogens is 250 g/mol. The third kappa shape index (κ3) is 2.13. The van der Waals surface area contributed by atoms with Gasteiger partial charge in [0.25, 0.3) is 0 Å². The predicted octanol–water partition coefficient (Wildman–Crippen LogP) is -0.279. The van der Waals surface area contributed by atoms with Gasteiger partial charge in [0.1, 0.15) is 6.04 Å². The SMILES string of the molecule is O=C1CNC(C(=O)N2CCc3sccc3C2)CN1. The van der Waals surface area contributed by atoms with E-state index in [1.807, 2.05) is 4.90 Å². The summed E-state index contributed by atoms with van der Waals surface area (Å²) < 4.78 is 0. The Bertz CT molecular complexity index is 475. The van der Waals surface area contributed by atoms with E-state index in [-0.39, 0.29) is 24.4 Å². The maximum Gasteiger partial charge on any atom is 0.241 e. The van der Waals surface area contributed by atoms with Gasteiger partial charge in [-0.25, -0.2) is 0 Å². The fraction of sp³-hybridized carbons (Fsp3) is 0.500. The summed E-state index contributed by atoms with van der Waals surface area (Å²) in [6.45, 7) is 2.10. The number of carbonyl (C=O) groups is 2. The highest BCUT2D eigenvalue weighted by Crippen LogP contribution is 2.24. The van der Waals surface area contributed by atoms with Crippen molar-refractivity contribution in [1.29, 1.82) is 0 Å². The Morgan fingerprint density at radius 3 is 3.17 bits per heavy atom. The van der Waals surface area contributed by atoms with Crippen LogP contribution in [0.4, 0.5) is 0 Å². The fourth-order valence-corrected chi connectivity index (χ4v) is 3.29. The van der Waals surface area contributed by atoms with E-state index in [2.05, 4.69) is 22.1 Å². The van der Waals surface area contributed by atoms with Gasteiger partial charge in [0, 0.05) is 24.5 Å². The van der Waals surface area contributed by atoms with Gasteiger partial charge in [-0.2, -0.15) is 0 Å². The van der Waals surface area contributed by atoms with Crippen molar-refractivity contribution in [3.05, 3.63) is 21.9 Å². The molecule has 1 aromatic heterocycles. The maximum atomic E-state index is 12.3. The molecule has 18 heavy (non-hydrogen) atoms. The number of nitrogens with one attached hydrogen (secondary N) is 2. The largest absolute Gasteiger partial charge is 0.353 e. The maximum absolute atomic E-state index is 12.3. The van der Waals surface area contributed by atoms with Gasteiger partial charge < -0.3 is 10.2 Å². The standard InChI is InChI=1S/C12H15N3O2S/c16-11-6-13-9(5-14-11)12(17)15-3-1-10-8(7-15)2-4-18-10/h2,4,9,13H,1,3,5-7H2,(H,14,16). The summed E-state index contributed by atoms with van der Waals surface area (Å²) in [6.07, 6.45) is 0.942. The highest BCUT2D eigenvalue weighted by molar-refractivity contribution is 7.10. The van der Waals surface area contributed by atoms with Crippen LogP contribution in [0.25, 0.3) is 0 Å². The minimum absolute atomic E-state index is 0.0437. The summed E-state index contributed by atoms with van der Waals surface area (Å²) in [4.78, 5) is 26.6. The van der Waals surface area contributed by atoms with E-state index < -0.39 is 0 Å². The summed E-state index contributed by atoms with van der Waals surface area (Å²) in [7, 11) is 0. The molecule has 0 spiro atoms. The molecule has 5 nitrogen and oxygen atoms in total. The van der Waals surface area contributed by atoms with Crippen molar-refractivity contribution >= 4 is 23.2 Å². The molecule has 1 fully saturated rings. The monoisotopic (exact) mass is 265 g/mol. The number of piperazine rings is 1. The van der Waals surface area contributed by atoms with Gasteiger partial charge in [-0.15, -0.1) is 11.3 Å². The van der Waals surface area contributed by atoms with Crippen LogP contribution in [0, 0.1) is 0 Å². The normalized spacial score (nSPS) is 23.4. The molecule has 0 aliphatic carbocycles. The zero-order valence-corrected chi connectivity index (χ0v) is 10.8. The third-order valence-corrected chi connectivity index (χ3v) is 4.45. The van der Waals surface area contributed by atoms with E-state index in [9.17, 15) is 9.59 Å². The van der Waals surface area contributed by atoms with Gasteiger partial charge in [-0.3, -0.25) is 14.9 Å². The van der Waals surface area contributed by atoms with Gasteiger partial charge in [-0.1, -0.05) is 0 Å². The summed E-state index contributed by atoms with van der Waals surface area (Å²) >= 11 is 1.76. The number of nitrogens with zero attached hydrogens (tertiary/aromatic N) is 1. The van der Waals surface area contributed by atoms with E-state index in [1.165, 1.54) is 10.4 Å². The summed E-state index contributed by atoms with van der Waals surface area (Å²) in [5.41, 5.74) is 1.26. The van der Waals surface area contributed by atoms with Crippen molar-refractivity contribution in [3.63, 3.8) is 0 Å². The molecule has 1 saturated heterocycles. The van der Waals surface area contributed by atoms with E-state index in [0.717, 1.165) is 13.0 Å². The first-order valence-corrected chi connectivity index (χ1v) is 6.96. The number of fused-ring (bicyclic) bond motifs is 1. The Morgan fingerprint density at radius 2 is 2.39 bits per heavy atom. The van der Waals surface area contributed by atoms with Gasteiger partial charge in [-0.05, 0) is 23.4 Å². The number of hydrogen-bond donors (Lipinski definition) is 2. The quantitative estimate of drug-likeness (QED) is 0.734. The molecule has 1 atom stereocenters. The van der Waals surface area contributed by atoms with Crippen LogP contribution in [0.3, 0.4) is 0 Å². The minimum atomic E-state index is -0.275. The number of hydrogen-bond acceptors (Lipinski definition) is 4. The third-order valence-electron chi connectivity index (χ3n) is 3.43. The van der Waals surface area contributed by atoms with Crippen molar-refractivity contribution < 1.29 is 9.59 Å². The molecular formula is C12H15N3O2S. The number of thiophene rings is 1. The molecule has 0 radical (unpaired) electrons. The Balaban J connectivity index is 1.65. The number of rotatable bonds is 1. The Hall–Kier alpha value is -1.40. The lowest BCUT2D eigenvalue weighted by molar-refractivity contribution is -0.135. The molecule has 0 aromatic carbocycles. The molecule has 2 N–H and O–H groups in total. The molecule has 2 amide bonds. The van der Waals surface area contributed by atoms with Crippen molar-refractivity contribution in [2.45, 2.75) is 19.0 Å². The molecule has 96 valence electrons. The topological polar surface area (TPSA) is 61.4 Å². The second kappa shape index (κ2) is 4.70. The highest BCUT2D eigenvalue weighted by Gasteiger charge is 2.30. The van der Waals surface area contributed by atoms with Crippen LogP contribution in [0.5, 0.6) is 0 Å². The van der Waals surface area contributed by atoms with E-state index in [1.54, 1.807) is 11.3 Å². The average Bonchev–Trinajstić information content (AvgIpc) is 2.86. The lowest BCUT2D eigenvalue weighted by Gasteiger charge is -2.32. The Labute approximate surface area is 109 Å². The van der Waals surface area contributed by atoms with Crippen LogP contribution < -0.4 is 10.6 Å². The van der Waals surface area contributed by atoms with E-state index in [0.29, 0.717) is 13.1 Å². The molecule has 0 saturated carbocycles. The molecule has 2 aliphatic heterocycles. The number of carbonyl (C=O) groups excluding carboxylic acids is 2. The molecule has 3 heterocycles. The van der Waals surface area contributed by atoms with Crippen LogP contribution in [0.1, 0.15) is 10.4 Å². The smallest absolute Gasteiger partial charge is 0.241 e. The highest BCUT2D eigenvalue weighted by atomic mass is 32.1. The summed E-state index contributed by atoms with van der Waals surface area (Å²) in [6, 6.07) is 1.82. The summed E-state index contributed by atoms with van der Waals surface area (Å²) in [5, 5.41) is 7.78. The minimum Gasteiger partial charge on any atom is -0.353 e. The molecule has 1 aromatic rings. The van der Waals surface area contributed by atoms with Crippen LogP contribution in [0.2, 0.25) is 0 Å². The molecule has 6 heteroatoms. The lowest BCUT2D eigenvalue weighted by Crippen LogP contribution is -2.59. The summed E-state index contributed by atoms with van der Waals surface area (Å²) in [5.74, 6) is 0.0460. The van der Waals surface area contributed by atoms with Gasteiger partial charge in [0.05, 0.1) is 6.54 Å². The van der Waals surface area contributed by atoms with Crippen molar-refractivity contribution in [2.75, 3.05) is 19.6 Å². The fourth-order valence-electron chi connectivity index (χ4n) is 2.40. The first kappa shape index (κ1) is 11.7. The first-order chi connectivity index (χ1) is 8.74. The molecule has 1 unspecified atom stereocenters. The van der Waals surface area contributed by atoms with E-state index in [4.69, 9.17) is 0 Å². The van der Waals surface area contributed by atoms with Crippen LogP contribution in [-0.2, 0) is 22.6 Å². The van der Waals surface area contributed by atoms with E-state index >= 15 is 0 Å². The molecule has 0 bridgehead atoms. The van der Waals surface area contributed by atoms with Gasteiger partial charge >= 0.3 is 0 Å². The Kier molecular flexibility index (Phi) is 3.05. The van der Waals surface area contributed by atoms with Crippen LogP contribution >= 0.6 is 11.3 Å². The zero-order valence-electron chi connectivity index (χ0n) is 9.94. The van der Waals surface area contributed by atoms with Gasteiger partial charge in [0.15, 0.2) is 0 Å². The van der Waals surface area contributed by atoms with Crippen LogP contribution in [0.15, 0.2) is 11.4 Å². The number of amides is 2. The second-order valence-electron chi connectivity index (χ2n) is 4.62. The average molecular weight is 265 g/mol. The Morgan fingerprint density at radius 1 is 1.50 bits per heavy atom. The van der Waals surface area contributed by atoms with Gasteiger partial charge in [0.2, 0.25) is 11.8 Å². The lowest BCUT2D eigenvalue weighted by atomic mass is 10.1. The first-order valence-electron chi connectivity index (χ1n) is 6.08. The molecule has 2 aliphatic rings. The van der Waals surface area contributed by atoms with Crippen molar-refractivity contribution in [1.82, 2.24) is 15.5 Å². The molecule has 3 rings (SSSR count). The van der Waals surface area contributed by atoms with Crippen LogP contribution in [-0.4, -0.2) is 42.4 Å². The second-order valence-corrected chi connectivity index (χ2v) is 5.62. The van der Waals surface area contributed by atoms with Crippen molar-refractivity contribution in [3.8, 4) is 0 Å². The van der Waals surface area contributed by atoms with Crippen molar-refractivity contribution in [2.24, 2.45) is 0 Å².